The van der Waals surface area contributed by atoms with Crippen LogP contribution in [0.4, 0.5) is 0 Å². The van der Waals surface area contributed by atoms with E-state index in [0.29, 0.717) is 0 Å². The lowest BCUT2D eigenvalue weighted by Crippen LogP contribution is -2.11. The van der Waals surface area contributed by atoms with Gasteiger partial charge in [0.15, 0.2) is 5.78 Å². The summed E-state index contributed by atoms with van der Waals surface area (Å²) in [6.45, 7) is 0. The Bertz CT molecular complexity index is 703. The van der Waals surface area contributed by atoms with Gasteiger partial charge in [-0.1, -0.05) is 66.7 Å². The summed E-state index contributed by atoms with van der Waals surface area (Å²) in [5, 5.41) is 2.01. The van der Waals surface area contributed by atoms with Crippen LogP contribution < -0.4 is 0 Å². The van der Waals surface area contributed by atoms with Gasteiger partial charge in [0.1, 0.15) is 0 Å². The first-order chi connectivity index (χ1) is 10.8. The van der Waals surface area contributed by atoms with Gasteiger partial charge in [0, 0.05) is 4.88 Å². The first kappa shape index (κ1) is 14.5. The molecule has 0 fully saturated rings. The Morgan fingerprint density at radius 3 is 1.91 bits per heavy atom. The van der Waals surface area contributed by atoms with Gasteiger partial charge in [0.25, 0.3) is 0 Å². The molecule has 0 amide bonds. The molecule has 1 heterocycles. The van der Waals surface area contributed by atoms with Crippen molar-refractivity contribution in [3.63, 3.8) is 0 Å². The Morgan fingerprint density at radius 1 is 0.818 bits per heavy atom. The van der Waals surface area contributed by atoms with Crippen LogP contribution in [0.1, 0.15) is 21.9 Å². The summed E-state index contributed by atoms with van der Waals surface area (Å²) in [4.78, 5) is 13.8. The zero-order valence-corrected chi connectivity index (χ0v) is 12.9. The molecule has 3 aromatic rings. The van der Waals surface area contributed by atoms with E-state index in [2.05, 4.69) is 0 Å². The van der Waals surface area contributed by atoms with Gasteiger partial charge in [-0.15, -0.1) is 11.3 Å². The van der Waals surface area contributed by atoms with E-state index in [1.807, 2.05) is 84.3 Å². The van der Waals surface area contributed by atoms with E-state index >= 15 is 0 Å². The van der Waals surface area contributed by atoms with Crippen molar-refractivity contribution in [3.8, 4) is 0 Å². The molecule has 2 aromatic carbocycles. The molecule has 0 unspecified atom stereocenters. The van der Waals surface area contributed by atoms with Crippen molar-refractivity contribution in [1.29, 1.82) is 0 Å². The minimum Gasteiger partial charge on any atom is -0.294 e. The third-order valence-electron chi connectivity index (χ3n) is 3.51. The zero-order chi connectivity index (χ0) is 15.2. The molecule has 0 N–H and O–H groups in total. The lowest BCUT2D eigenvalue weighted by molar-refractivity contribution is -0.115. The van der Waals surface area contributed by atoms with Crippen LogP contribution in [-0.4, -0.2) is 5.78 Å². The van der Waals surface area contributed by atoms with Crippen LogP contribution in [0.15, 0.2) is 84.3 Å². The van der Waals surface area contributed by atoms with E-state index in [0.717, 1.165) is 16.0 Å². The van der Waals surface area contributed by atoms with Gasteiger partial charge in [0.2, 0.25) is 0 Å². The highest BCUT2D eigenvalue weighted by Crippen LogP contribution is 2.26. The second-order valence-corrected chi connectivity index (χ2v) is 5.98. The van der Waals surface area contributed by atoms with Crippen molar-refractivity contribution in [2.75, 3.05) is 0 Å². The van der Waals surface area contributed by atoms with Crippen molar-refractivity contribution in [2.24, 2.45) is 0 Å². The normalized spacial score (nSPS) is 11.1. The summed E-state index contributed by atoms with van der Waals surface area (Å²) in [5.41, 5.74) is 2.05. The molecule has 0 atom stereocenters. The SMILES string of the molecule is O=C(/C=C/c1cccs1)C(c1ccccc1)c1ccccc1. The van der Waals surface area contributed by atoms with E-state index < -0.39 is 0 Å². The molecule has 0 saturated carbocycles. The van der Waals surface area contributed by atoms with Crippen molar-refractivity contribution in [1.82, 2.24) is 0 Å². The van der Waals surface area contributed by atoms with Gasteiger partial charge in [-0.3, -0.25) is 4.79 Å². The third kappa shape index (κ3) is 3.41. The van der Waals surface area contributed by atoms with Crippen LogP contribution in [0, 0.1) is 0 Å². The third-order valence-corrected chi connectivity index (χ3v) is 4.34. The molecular formula is C20H16OS. The second kappa shape index (κ2) is 7.01. The smallest absolute Gasteiger partial charge is 0.167 e. The molecule has 1 aromatic heterocycles. The molecule has 3 rings (SSSR count). The predicted octanol–water partition coefficient (Wildman–Crippen LogP) is 5.16. The fraction of sp³-hybridized carbons (Fsp3) is 0.0500. The molecule has 0 saturated heterocycles. The number of hydrogen-bond donors (Lipinski definition) is 0. The van der Waals surface area contributed by atoms with Crippen LogP contribution in [0.25, 0.3) is 6.08 Å². The maximum absolute atomic E-state index is 12.8. The summed E-state index contributed by atoms with van der Waals surface area (Å²) in [6.07, 6.45) is 3.59. The van der Waals surface area contributed by atoms with Crippen molar-refractivity contribution < 1.29 is 4.79 Å². The zero-order valence-electron chi connectivity index (χ0n) is 12.1. The summed E-state index contributed by atoms with van der Waals surface area (Å²) < 4.78 is 0. The first-order valence-corrected chi connectivity index (χ1v) is 8.08. The molecule has 0 aliphatic carbocycles. The van der Waals surface area contributed by atoms with Gasteiger partial charge >= 0.3 is 0 Å². The van der Waals surface area contributed by atoms with Crippen LogP contribution in [0.3, 0.4) is 0 Å². The Kier molecular flexibility index (Phi) is 4.62. The van der Waals surface area contributed by atoms with Crippen LogP contribution >= 0.6 is 11.3 Å². The van der Waals surface area contributed by atoms with Crippen molar-refractivity contribution in [2.45, 2.75) is 5.92 Å². The van der Waals surface area contributed by atoms with Gasteiger partial charge < -0.3 is 0 Å². The molecule has 2 heteroatoms. The second-order valence-electron chi connectivity index (χ2n) is 5.01. The quantitative estimate of drug-likeness (QED) is 0.595. The van der Waals surface area contributed by atoms with Gasteiger partial charge in [0.05, 0.1) is 5.92 Å². The number of allylic oxidation sites excluding steroid dienone is 1. The molecule has 22 heavy (non-hydrogen) atoms. The Labute approximate surface area is 134 Å². The maximum atomic E-state index is 12.8. The topological polar surface area (TPSA) is 17.1 Å². The lowest BCUT2D eigenvalue weighted by Gasteiger charge is -2.15. The van der Waals surface area contributed by atoms with E-state index in [4.69, 9.17) is 0 Å². The summed E-state index contributed by atoms with van der Waals surface area (Å²) in [7, 11) is 0. The Morgan fingerprint density at radius 2 is 1.41 bits per heavy atom. The highest BCUT2D eigenvalue weighted by molar-refractivity contribution is 7.10. The first-order valence-electron chi connectivity index (χ1n) is 7.20. The Hall–Kier alpha value is -2.45. The van der Waals surface area contributed by atoms with Crippen LogP contribution in [0.5, 0.6) is 0 Å². The van der Waals surface area contributed by atoms with Gasteiger partial charge in [-0.2, -0.15) is 0 Å². The average Bonchev–Trinajstić information content (AvgIpc) is 3.09. The minimum absolute atomic E-state index is 0.103. The summed E-state index contributed by atoms with van der Waals surface area (Å²) in [5.74, 6) is -0.149. The van der Waals surface area contributed by atoms with E-state index in [1.54, 1.807) is 17.4 Å². The highest BCUT2D eigenvalue weighted by atomic mass is 32.1. The fourth-order valence-electron chi connectivity index (χ4n) is 2.46. The predicted molar refractivity (Wildman–Crippen MR) is 93.1 cm³/mol. The van der Waals surface area contributed by atoms with Crippen LogP contribution in [-0.2, 0) is 4.79 Å². The highest BCUT2D eigenvalue weighted by Gasteiger charge is 2.20. The molecule has 0 spiro atoms. The van der Waals surface area contributed by atoms with E-state index in [1.165, 1.54) is 0 Å². The molecule has 0 aliphatic rings. The standard InChI is InChI=1S/C20H16OS/c21-19(14-13-18-12-7-15-22-18)20(16-8-3-1-4-9-16)17-10-5-2-6-11-17/h1-15,20H/b14-13+. The molecule has 0 bridgehead atoms. The number of rotatable bonds is 5. The lowest BCUT2D eigenvalue weighted by atomic mass is 9.87. The van der Waals surface area contributed by atoms with Gasteiger partial charge in [-0.25, -0.2) is 0 Å². The minimum atomic E-state index is -0.251. The fourth-order valence-corrected chi connectivity index (χ4v) is 3.08. The number of benzene rings is 2. The van der Waals surface area contributed by atoms with Crippen molar-refractivity contribution in [3.05, 3.63) is 100 Å². The maximum Gasteiger partial charge on any atom is 0.167 e. The van der Waals surface area contributed by atoms with E-state index in [9.17, 15) is 4.79 Å². The molecule has 1 nitrogen and oxygen atoms in total. The van der Waals surface area contributed by atoms with Crippen LogP contribution in [0.2, 0.25) is 0 Å². The average molecular weight is 304 g/mol. The number of carbonyl (C=O) groups excluding carboxylic acids is 1. The number of ketones is 1. The Balaban J connectivity index is 1.93. The summed E-state index contributed by atoms with van der Waals surface area (Å²) in [6, 6.07) is 23.9. The molecular weight excluding hydrogens is 288 g/mol. The number of hydrogen-bond acceptors (Lipinski definition) is 2. The molecule has 0 radical (unpaired) electrons. The monoisotopic (exact) mass is 304 g/mol. The number of thiophene rings is 1. The van der Waals surface area contributed by atoms with Crippen molar-refractivity contribution >= 4 is 23.2 Å². The van der Waals surface area contributed by atoms with E-state index in [-0.39, 0.29) is 11.7 Å². The largest absolute Gasteiger partial charge is 0.294 e. The van der Waals surface area contributed by atoms with Gasteiger partial charge in [-0.05, 0) is 34.7 Å². The molecule has 0 aliphatic heterocycles. The number of carbonyl (C=O) groups is 1. The molecule has 108 valence electrons. The summed E-state index contributed by atoms with van der Waals surface area (Å²) >= 11 is 1.63.